The molecule has 0 saturated carbocycles. The molecule has 2 aromatic heterocycles. The molecule has 3 aromatic rings. The van der Waals surface area contributed by atoms with E-state index in [1.165, 1.54) is 12.1 Å². The third kappa shape index (κ3) is 4.43. The first kappa shape index (κ1) is 20.5. The molecular formula is C18H18BFIN5O2. The Labute approximate surface area is 176 Å². The van der Waals surface area contributed by atoms with Crippen LogP contribution in [0.2, 0.25) is 0 Å². The number of aromatic nitrogens is 4. The fraction of sp³-hybridized carbons (Fsp3) is 0.278. The minimum atomic E-state index is -0.893. The standard InChI is InChI=1S/C10H10IN5.C8H8BFO2/c1-15-6-7(10(11)14-15)3-8-4-9(5-12)16(2)13-8;1-5-7-4-6(10)2-3-8(7)9(11)12-5/h4,6H,3H2,1-2H3;2-5,11H,1H3/t;5-/m.1/s1. The molecule has 1 aliphatic rings. The van der Waals surface area contributed by atoms with E-state index in [0.29, 0.717) is 17.6 Å². The van der Waals surface area contributed by atoms with E-state index in [2.05, 4.69) is 38.9 Å². The van der Waals surface area contributed by atoms with Gasteiger partial charge in [-0.25, -0.2) is 4.39 Å². The van der Waals surface area contributed by atoms with Gasteiger partial charge in [-0.2, -0.15) is 15.5 Å². The van der Waals surface area contributed by atoms with Crippen LogP contribution in [0, 0.1) is 20.8 Å². The van der Waals surface area contributed by atoms with E-state index in [-0.39, 0.29) is 11.9 Å². The van der Waals surface area contributed by atoms with Gasteiger partial charge in [-0.1, -0.05) is 6.07 Å². The van der Waals surface area contributed by atoms with Gasteiger partial charge in [0.2, 0.25) is 0 Å². The Morgan fingerprint density at radius 1 is 1.36 bits per heavy atom. The highest BCUT2D eigenvalue weighted by atomic mass is 127. The lowest BCUT2D eigenvalue weighted by molar-refractivity contribution is 0.208. The van der Waals surface area contributed by atoms with Crippen LogP contribution in [-0.4, -0.2) is 31.7 Å². The van der Waals surface area contributed by atoms with Crippen molar-refractivity contribution in [3.63, 3.8) is 0 Å². The molecule has 1 N–H and O–H groups in total. The molecule has 0 saturated heterocycles. The molecule has 0 aliphatic carbocycles. The Hall–Kier alpha value is -2.23. The summed E-state index contributed by atoms with van der Waals surface area (Å²) in [6.07, 6.45) is 2.47. The summed E-state index contributed by atoms with van der Waals surface area (Å²) in [6.45, 7) is 1.79. The molecule has 0 radical (unpaired) electrons. The zero-order chi connectivity index (χ0) is 20.4. The van der Waals surface area contributed by atoms with Gasteiger partial charge >= 0.3 is 7.12 Å². The topological polar surface area (TPSA) is 88.9 Å². The van der Waals surface area contributed by atoms with E-state index >= 15 is 0 Å². The van der Waals surface area contributed by atoms with Crippen LogP contribution >= 0.6 is 22.6 Å². The van der Waals surface area contributed by atoms with Gasteiger partial charge in [0.1, 0.15) is 21.3 Å². The molecule has 4 rings (SSSR count). The average Bonchev–Trinajstić information content (AvgIpc) is 3.24. The minimum absolute atomic E-state index is 0.217. The lowest BCUT2D eigenvalue weighted by Gasteiger charge is -2.02. The molecule has 0 unspecified atom stereocenters. The summed E-state index contributed by atoms with van der Waals surface area (Å²) in [5.74, 6) is -0.293. The van der Waals surface area contributed by atoms with Crippen molar-refractivity contribution in [2.24, 2.45) is 14.1 Å². The fourth-order valence-corrected chi connectivity index (χ4v) is 3.67. The number of hydrogen-bond donors (Lipinski definition) is 1. The first-order chi connectivity index (χ1) is 13.3. The molecule has 1 aliphatic heterocycles. The number of aryl methyl sites for hydroxylation is 2. The molecule has 0 amide bonds. The lowest BCUT2D eigenvalue weighted by atomic mass is 9.79. The van der Waals surface area contributed by atoms with Crippen LogP contribution in [0.3, 0.4) is 0 Å². The normalized spacial score (nSPS) is 15.0. The van der Waals surface area contributed by atoms with Crippen LogP contribution < -0.4 is 5.46 Å². The van der Waals surface area contributed by atoms with Gasteiger partial charge < -0.3 is 9.68 Å². The van der Waals surface area contributed by atoms with Gasteiger partial charge in [-0.15, -0.1) is 0 Å². The van der Waals surface area contributed by atoms with Crippen molar-refractivity contribution >= 4 is 35.2 Å². The maximum atomic E-state index is 12.7. The quantitative estimate of drug-likeness (QED) is 0.435. The lowest BCUT2D eigenvalue weighted by Crippen LogP contribution is -2.27. The molecule has 0 bridgehead atoms. The highest BCUT2D eigenvalue weighted by molar-refractivity contribution is 14.1. The van der Waals surface area contributed by atoms with Gasteiger partial charge in [0.25, 0.3) is 0 Å². The third-order valence-electron chi connectivity index (χ3n) is 4.36. The van der Waals surface area contributed by atoms with Crippen LogP contribution in [0.15, 0.2) is 30.5 Å². The summed E-state index contributed by atoms with van der Waals surface area (Å²) >= 11 is 2.20. The number of nitriles is 1. The van der Waals surface area contributed by atoms with Crippen LogP contribution in [0.1, 0.15) is 35.5 Å². The number of nitrogens with zero attached hydrogens (tertiary/aromatic N) is 5. The largest absolute Gasteiger partial charge is 0.491 e. The Bertz CT molecular complexity index is 1050. The minimum Gasteiger partial charge on any atom is -0.423 e. The van der Waals surface area contributed by atoms with Crippen molar-refractivity contribution in [1.29, 1.82) is 5.26 Å². The molecule has 7 nitrogen and oxygen atoms in total. The SMILES string of the molecule is C[C@H]1OB(O)c2ccc(F)cc21.Cn1cc(Cc2cc(C#N)n(C)n2)c(I)n1. The second-order valence-corrected chi connectivity index (χ2v) is 7.48. The molecule has 28 heavy (non-hydrogen) atoms. The summed E-state index contributed by atoms with van der Waals surface area (Å²) in [6, 6.07) is 8.18. The predicted octanol–water partition coefficient (Wildman–Crippen LogP) is 1.83. The highest BCUT2D eigenvalue weighted by Crippen LogP contribution is 2.22. The molecule has 0 fully saturated rings. The Morgan fingerprint density at radius 3 is 2.71 bits per heavy atom. The maximum Gasteiger partial charge on any atom is 0.491 e. The Kier molecular flexibility index (Phi) is 6.17. The third-order valence-corrected chi connectivity index (χ3v) is 5.26. The summed E-state index contributed by atoms with van der Waals surface area (Å²) in [5, 5.41) is 26.7. The van der Waals surface area contributed by atoms with Gasteiger partial charge in [-0.3, -0.25) is 9.36 Å². The smallest absolute Gasteiger partial charge is 0.423 e. The van der Waals surface area contributed by atoms with E-state index < -0.39 is 7.12 Å². The molecule has 1 aromatic carbocycles. The highest BCUT2D eigenvalue weighted by Gasteiger charge is 2.32. The van der Waals surface area contributed by atoms with Crippen LogP contribution in [-0.2, 0) is 25.2 Å². The zero-order valence-electron chi connectivity index (χ0n) is 15.6. The van der Waals surface area contributed by atoms with Gasteiger partial charge in [0.05, 0.1) is 11.8 Å². The molecular weight excluding hydrogens is 475 g/mol. The van der Waals surface area contributed by atoms with E-state index in [1.807, 2.05) is 19.3 Å². The number of fused-ring (bicyclic) bond motifs is 1. The van der Waals surface area contributed by atoms with Crippen molar-refractivity contribution < 1.29 is 14.1 Å². The Morgan fingerprint density at radius 2 is 2.11 bits per heavy atom. The van der Waals surface area contributed by atoms with E-state index in [0.717, 1.165) is 20.5 Å². The van der Waals surface area contributed by atoms with Gasteiger partial charge in [0, 0.05) is 32.3 Å². The van der Waals surface area contributed by atoms with Crippen molar-refractivity contribution in [2.75, 3.05) is 0 Å². The molecule has 10 heteroatoms. The van der Waals surface area contributed by atoms with E-state index in [1.54, 1.807) is 29.4 Å². The first-order valence-electron chi connectivity index (χ1n) is 8.52. The monoisotopic (exact) mass is 493 g/mol. The van der Waals surface area contributed by atoms with Crippen molar-refractivity contribution in [1.82, 2.24) is 19.6 Å². The van der Waals surface area contributed by atoms with Gasteiger partial charge in [0.15, 0.2) is 0 Å². The number of hydrogen-bond acceptors (Lipinski definition) is 5. The van der Waals surface area contributed by atoms with Crippen molar-refractivity contribution in [3.8, 4) is 6.07 Å². The van der Waals surface area contributed by atoms with Crippen LogP contribution in [0.4, 0.5) is 4.39 Å². The van der Waals surface area contributed by atoms with Crippen molar-refractivity contribution in [2.45, 2.75) is 19.4 Å². The summed E-state index contributed by atoms with van der Waals surface area (Å²) in [4.78, 5) is 0. The second-order valence-electron chi connectivity index (χ2n) is 6.46. The summed E-state index contributed by atoms with van der Waals surface area (Å²) in [5.41, 5.74) is 4.01. The van der Waals surface area contributed by atoms with Crippen LogP contribution in [0.5, 0.6) is 0 Å². The maximum absolute atomic E-state index is 12.7. The molecule has 3 heterocycles. The first-order valence-corrected chi connectivity index (χ1v) is 9.60. The van der Waals surface area contributed by atoms with E-state index in [4.69, 9.17) is 9.92 Å². The Balaban J connectivity index is 0.000000167. The summed E-state index contributed by atoms with van der Waals surface area (Å²) < 4.78 is 22.2. The number of rotatable bonds is 2. The molecule has 0 spiro atoms. The fourth-order valence-electron chi connectivity index (χ4n) is 3.00. The predicted molar refractivity (Wildman–Crippen MR) is 110 cm³/mol. The number of benzene rings is 1. The number of halogens is 2. The van der Waals surface area contributed by atoms with Crippen LogP contribution in [0.25, 0.3) is 0 Å². The van der Waals surface area contributed by atoms with Crippen molar-refractivity contribution in [3.05, 3.63) is 62.5 Å². The van der Waals surface area contributed by atoms with E-state index in [9.17, 15) is 9.41 Å². The second kappa shape index (κ2) is 8.42. The molecule has 1 atom stereocenters. The zero-order valence-corrected chi connectivity index (χ0v) is 17.8. The van der Waals surface area contributed by atoms with Gasteiger partial charge in [-0.05, 0) is 58.7 Å². The molecule has 144 valence electrons. The summed E-state index contributed by atoms with van der Waals surface area (Å²) in [7, 11) is 2.77. The average molecular weight is 493 g/mol.